The molecule has 3 fully saturated rings. The second kappa shape index (κ2) is 12.8. The van der Waals surface area contributed by atoms with Crippen LogP contribution in [0.4, 0.5) is 4.79 Å². The maximum atomic E-state index is 14.2. The lowest BCUT2D eigenvalue weighted by atomic mass is 9.85. The number of ketones is 1. The molecule has 0 radical (unpaired) electrons. The lowest BCUT2D eigenvalue weighted by molar-refractivity contribution is -0.145. The predicted molar refractivity (Wildman–Crippen MR) is 170 cm³/mol. The van der Waals surface area contributed by atoms with Gasteiger partial charge >= 0.3 is 6.03 Å². The van der Waals surface area contributed by atoms with Crippen LogP contribution in [0.25, 0.3) is 0 Å². The van der Waals surface area contributed by atoms with Crippen LogP contribution in [-0.4, -0.2) is 96.7 Å². The summed E-state index contributed by atoms with van der Waals surface area (Å²) in [6.07, 6.45) is 1.92. The van der Waals surface area contributed by atoms with Gasteiger partial charge in [0.05, 0.1) is 11.3 Å². The van der Waals surface area contributed by atoms with Gasteiger partial charge in [-0.3, -0.25) is 19.2 Å². The van der Waals surface area contributed by atoms with E-state index >= 15 is 0 Å². The number of likely N-dealkylation sites (N-methyl/N-ethyl adjacent to an activating group) is 1. The molecule has 1 saturated heterocycles. The third kappa shape index (κ3) is 8.35. The van der Waals surface area contributed by atoms with E-state index in [9.17, 15) is 32.4 Å². The lowest BCUT2D eigenvalue weighted by Gasteiger charge is -2.38. The van der Waals surface area contributed by atoms with E-state index in [0.29, 0.717) is 25.8 Å². The van der Waals surface area contributed by atoms with E-state index in [4.69, 9.17) is 5.73 Å². The van der Waals surface area contributed by atoms with Crippen molar-refractivity contribution in [2.75, 3.05) is 20.1 Å². The highest BCUT2D eigenvalue weighted by Crippen LogP contribution is 2.65. The second-order valence-electron chi connectivity index (χ2n) is 16.0. The van der Waals surface area contributed by atoms with Crippen LogP contribution in [0.1, 0.15) is 88.0 Å². The molecule has 6 atom stereocenters. The molecule has 1 unspecified atom stereocenters. The average molecular weight is 655 g/mol. The SMILES string of the molecule is CCC(NC(=O)[C@@H]1[C@@H]2[C@H](CN1C(=O)[C@@H](NC(=O)N[C@H](CN(C)S(=O)(=O)C1CC1)CC(C)(C)C)C(C)(C)C)C2(C)C)C(=O)C(N)=O. The molecule has 2 saturated carbocycles. The largest absolute Gasteiger partial charge is 0.363 e. The molecule has 14 heteroatoms. The summed E-state index contributed by atoms with van der Waals surface area (Å²) in [6.45, 7) is 17.5. The Morgan fingerprint density at radius 1 is 1.00 bits per heavy atom. The van der Waals surface area contributed by atoms with Crippen LogP contribution in [0.15, 0.2) is 0 Å². The zero-order valence-electron chi connectivity index (χ0n) is 28.5. The summed E-state index contributed by atoms with van der Waals surface area (Å²) in [6, 6.07) is -4.15. The quantitative estimate of drug-likeness (QED) is 0.216. The number of carbonyl (C=O) groups excluding carboxylic acids is 5. The Morgan fingerprint density at radius 2 is 1.58 bits per heavy atom. The molecule has 5 amide bonds. The molecule has 5 N–H and O–H groups in total. The molecular weight excluding hydrogens is 600 g/mol. The number of nitrogens with two attached hydrogens (primary N) is 1. The van der Waals surface area contributed by atoms with Gasteiger partial charge in [0.25, 0.3) is 5.91 Å². The summed E-state index contributed by atoms with van der Waals surface area (Å²) in [5, 5.41) is 8.02. The number of nitrogens with zero attached hydrogens (tertiary/aromatic N) is 2. The fourth-order valence-corrected chi connectivity index (χ4v) is 8.33. The Kier molecular flexibility index (Phi) is 10.5. The van der Waals surface area contributed by atoms with Crippen LogP contribution in [-0.2, 0) is 29.2 Å². The molecule has 256 valence electrons. The summed E-state index contributed by atoms with van der Waals surface area (Å²) in [5.41, 5.74) is 4.00. The minimum absolute atomic E-state index is 0.0543. The highest BCUT2D eigenvalue weighted by atomic mass is 32.2. The Hall–Kier alpha value is -2.74. The molecule has 1 aliphatic heterocycles. The molecule has 0 aromatic heterocycles. The zero-order chi connectivity index (χ0) is 34.4. The molecule has 45 heavy (non-hydrogen) atoms. The van der Waals surface area contributed by atoms with Crippen LogP contribution in [0.3, 0.4) is 0 Å². The lowest BCUT2D eigenvalue weighted by Crippen LogP contribution is -2.62. The molecule has 3 rings (SSSR count). The highest BCUT2D eigenvalue weighted by molar-refractivity contribution is 7.90. The van der Waals surface area contributed by atoms with Crippen molar-refractivity contribution < 1.29 is 32.4 Å². The summed E-state index contributed by atoms with van der Waals surface area (Å²) in [5.74, 6) is -3.12. The Bertz CT molecular complexity index is 1300. The van der Waals surface area contributed by atoms with E-state index in [1.54, 1.807) is 6.92 Å². The van der Waals surface area contributed by atoms with Crippen molar-refractivity contribution >= 4 is 39.6 Å². The van der Waals surface area contributed by atoms with E-state index in [2.05, 4.69) is 16.0 Å². The number of piperidine rings is 1. The second-order valence-corrected chi connectivity index (χ2v) is 18.3. The fourth-order valence-electron chi connectivity index (χ4n) is 6.70. The number of rotatable bonds is 13. The van der Waals surface area contributed by atoms with E-state index in [-0.39, 0.29) is 40.9 Å². The van der Waals surface area contributed by atoms with Gasteiger partial charge in [0.1, 0.15) is 12.1 Å². The van der Waals surface area contributed by atoms with Gasteiger partial charge in [-0.15, -0.1) is 0 Å². The standard InChI is InChI=1S/C31H54N6O7S/c1-11-20(23(38)25(32)39)34-26(40)22-21-19(31(21,8)9)16-37(22)27(41)24(30(5,6)7)35-28(42)33-17(14-29(2,3)4)15-36(10)45(43,44)18-12-13-18/h17-22,24H,11-16H2,1-10H3,(H2,32,39)(H,34,40)(H2,33,35,42)/t17-,19-,20?,21-,22-,24+/m0/s1. The smallest absolute Gasteiger partial charge is 0.315 e. The average Bonchev–Trinajstić information content (AvgIpc) is 3.77. The molecule has 0 spiro atoms. The number of hydrogen-bond donors (Lipinski definition) is 4. The number of sulfonamides is 1. The number of likely N-dealkylation sites (tertiary alicyclic amines) is 1. The van der Waals surface area contributed by atoms with Crippen LogP contribution >= 0.6 is 0 Å². The third-order valence-electron chi connectivity index (χ3n) is 9.48. The summed E-state index contributed by atoms with van der Waals surface area (Å²) < 4.78 is 26.9. The van der Waals surface area contributed by atoms with E-state index in [1.807, 2.05) is 55.4 Å². The van der Waals surface area contributed by atoms with Crippen molar-refractivity contribution in [2.24, 2.45) is 33.8 Å². The van der Waals surface area contributed by atoms with Gasteiger partial charge < -0.3 is 26.6 Å². The number of urea groups is 1. The van der Waals surface area contributed by atoms with Crippen LogP contribution in [0.5, 0.6) is 0 Å². The first kappa shape index (κ1) is 36.7. The molecule has 0 aromatic carbocycles. The minimum atomic E-state index is -3.45. The predicted octanol–water partition coefficient (Wildman–Crippen LogP) is 1.36. The number of Topliss-reactive ketones (excluding diaryl/α,β-unsaturated/α-hetero) is 1. The van der Waals surface area contributed by atoms with Gasteiger partial charge in [0.2, 0.25) is 27.6 Å². The summed E-state index contributed by atoms with van der Waals surface area (Å²) >= 11 is 0. The fraction of sp³-hybridized carbons (Fsp3) is 0.839. The number of hydrogen-bond acceptors (Lipinski definition) is 7. The molecule has 13 nitrogen and oxygen atoms in total. The van der Waals surface area contributed by atoms with Gasteiger partial charge in [-0.05, 0) is 53.8 Å². The van der Waals surface area contributed by atoms with E-state index in [0.717, 1.165) is 0 Å². The maximum absolute atomic E-state index is 14.2. The minimum Gasteiger partial charge on any atom is -0.363 e. The van der Waals surface area contributed by atoms with Gasteiger partial charge in [-0.1, -0.05) is 62.3 Å². The maximum Gasteiger partial charge on any atom is 0.315 e. The van der Waals surface area contributed by atoms with Crippen molar-refractivity contribution in [1.29, 1.82) is 0 Å². The Morgan fingerprint density at radius 3 is 2.04 bits per heavy atom. The van der Waals surface area contributed by atoms with Crippen LogP contribution in [0.2, 0.25) is 0 Å². The Labute approximate surface area is 268 Å². The van der Waals surface area contributed by atoms with Gasteiger partial charge in [-0.25, -0.2) is 17.5 Å². The molecule has 3 aliphatic rings. The molecular formula is C31H54N6O7S. The number of primary amides is 1. The number of nitrogens with one attached hydrogen (secondary N) is 3. The number of carbonyl (C=O) groups is 5. The van der Waals surface area contributed by atoms with E-state index in [1.165, 1.54) is 16.3 Å². The molecule has 0 aromatic rings. The van der Waals surface area contributed by atoms with Crippen molar-refractivity contribution in [3.63, 3.8) is 0 Å². The number of fused-ring (bicyclic) bond motifs is 1. The molecule has 1 heterocycles. The molecule has 2 aliphatic carbocycles. The third-order valence-corrected chi connectivity index (χ3v) is 11.8. The summed E-state index contributed by atoms with van der Waals surface area (Å²) in [7, 11) is -1.93. The summed E-state index contributed by atoms with van der Waals surface area (Å²) in [4.78, 5) is 66.6. The normalized spacial score (nSPS) is 24.7. The molecule has 0 bridgehead atoms. The first-order chi connectivity index (χ1) is 20.4. The van der Waals surface area contributed by atoms with Crippen molar-refractivity contribution in [1.82, 2.24) is 25.2 Å². The topological polar surface area (TPSA) is 188 Å². The van der Waals surface area contributed by atoms with Crippen molar-refractivity contribution in [3.05, 3.63) is 0 Å². The number of amides is 5. The van der Waals surface area contributed by atoms with Gasteiger partial charge in [-0.2, -0.15) is 0 Å². The first-order valence-corrected chi connectivity index (χ1v) is 17.4. The van der Waals surface area contributed by atoms with Crippen molar-refractivity contribution in [2.45, 2.75) is 117 Å². The van der Waals surface area contributed by atoms with Gasteiger partial charge in [0, 0.05) is 26.2 Å². The zero-order valence-corrected chi connectivity index (χ0v) is 29.3. The monoisotopic (exact) mass is 654 g/mol. The first-order valence-electron chi connectivity index (χ1n) is 15.9. The van der Waals surface area contributed by atoms with Crippen LogP contribution in [0, 0.1) is 28.1 Å². The van der Waals surface area contributed by atoms with Crippen molar-refractivity contribution in [3.8, 4) is 0 Å². The highest BCUT2D eigenvalue weighted by Gasteiger charge is 2.70. The van der Waals surface area contributed by atoms with Crippen LogP contribution < -0.4 is 21.7 Å². The van der Waals surface area contributed by atoms with E-state index < -0.39 is 69.1 Å². The Balaban J connectivity index is 1.81. The van der Waals surface area contributed by atoms with Gasteiger partial charge in [0.15, 0.2) is 0 Å².